The quantitative estimate of drug-likeness (QED) is 0.371. The second-order valence-corrected chi connectivity index (χ2v) is 11.6. The number of amides is 1. The Kier molecular flexibility index (Phi) is 7.54. The highest BCUT2D eigenvalue weighted by atomic mass is 32.2. The lowest BCUT2D eigenvalue weighted by Crippen LogP contribution is -2.40. The first-order chi connectivity index (χ1) is 15.9. The number of thiazole rings is 1. The summed E-state index contributed by atoms with van der Waals surface area (Å²) in [5.41, 5.74) is 1.87. The molecule has 1 amide bonds. The van der Waals surface area contributed by atoms with Gasteiger partial charge < -0.3 is 10.2 Å². The number of benzene rings is 2. The molecule has 0 aliphatic heterocycles. The number of nitrogens with zero attached hydrogens (tertiary/aromatic N) is 3. The third-order valence-corrected chi connectivity index (χ3v) is 7.43. The molecule has 3 aromatic rings. The lowest BCUT2D eigenvalue weighted by molar-refractivity contribution is 0.100. The molecule has 0 atom stereocenters. The molecule has 0 aliphatic carbocycles. The Morgan fingerprint density at radius 3 is 2.38 bits per heavy atom. The summed E-state index contributed by atoms with van der Waals surface area (Å²) in [4.78, 5) is 23.3. The van der Waals surface area contributed by atoms with E-state index in [0.29, 0.717) is 10.4 Å². The lowest BCUT2D eigenvalue weighted by Gasteiger charge is -2.21. The number of rotatable bonds is 7. The summed E-state index contributed by atoms with van der Waals surface area (Å²) >= 11 is 1.38. The predicted molar refractivity (Wildman–Crippen MR) is 139 cm³/mol. The fraction of sp³-hybridized carbons (Fsp3) is 0.292. The van der Waals surface area contributed by atoms with Gasteiger partial charge in [0, 0.05) is 55.3 Å². The number of carbonyl (C=O) groups excluding carboxylic acids is 1. The molecule has 8 nitrogen and oxygen atoms in total. The van der Waals surface area contributed by atoms with E-state index in [1.54, 1.807) is 58.1 Å². The van der Waals surface area contributed by atoms with Crippen LogP contribution in [0.15, 0.2) is 58.5 Å². The van der Waals surface area contributed by atoms with Crippen molar-refractivity contribution in [1.29, 1.82) is 0 Å². The largest absolute Gasteiger partial charge is 0.388 e. The smallest absolute Gasteiger partial charge is 0.278 e. The van der Waals surface area contributed by atoms with Crippen LogP contribution in [-0.2, 0) is 10.0 Å². The van der Waals surface area contributed by atoms with Crippen LogP contribution in [0, 0.1) is 0 Å². The molecule has 0 fully saturated rings. The highest BCUT2D eigenvalue weighted by Crippen LogP contribution is 2.36. The van der Waals surface area contributed by atoms with Crippen molar-refractivity contribution in [1.82, 2.24) is 14.6 Å². The normalized spacial score (nSPS) is 12.2. The summed E-state index contributed by atoms with van der Waals surface area (Å²) < 4.78 is 29.4. The Labute approximate surface area is 204 Å². The van der Waals surface area contributed by atoms with Crippen molar-refractivity contribution in [2.75, 3.05) is 26.5 Å². The van der Waals surface area contributed by atoms with E-state index in [4.69, 9.17) is 0 Å². The molecule has 1 aromatic heterocycles. The zero-order valence-corrected chi connectivity index (χ0v) is 21.7. The monoisotopic (exact) mass is 499 g/mol. The van der Waals surface area contributed by atoms with Gasteiger partial charge in [0.25, 0.3) is 5.91 Å². The molecule has 10 heteroatoms. The number of anilines is 1. The van der Waals surface area contributed by atoms with Crippen LogP contribution in [0.3, 0.4) is 0 Å². The summed E-state index contributed by atoms with van der Waals surface area (Å²) in [7, 11) is 1.40. The molecule has 0 saturated heterocycles. The average Bonchev–Trinajstić information content (AvgIpc) is 3.25. The van der Waals surface area contributed by atoms with E-state index in [2.05, 4.69) is 20.0 Å². The minimum absolute atomic E-state index is 0.00839. The van der Waals surface area contributed by atoms with Crippen molar-refractivity contribution in [3.05, 3.63) is 54.2 Å². The van der Waals surface area contributed by atoms with Gasteiger partial charge in [0.1, 0.15) is 5.01 Å². The van der Waals surface area contributed by atoms with Gasteiger partial charge in [-0.1, -0.05) is 6.07 Å². The summed E-state index contributed by atoms with van der Waals surface area (Å²) in [6.45, 7) is 5.29. The molecule has 3 rings (SSSR count). The predicted octanol–water partition coefficient (Wildman–Crippen LogP) is 4.33. The van der Waals surface area contributed by atoms with Crippen molar-refractivity contribution >= 4 is 39.3 Å². The Bertz CT molecular complexity index is 1310. The Balaban J connectivity index is 2.09. The zero-order valence-electron chi connectivity index (χ0n) is 20.1. The van der Waals surface area contributed by atoms with Gasteiger partial charge in [-0.25, -0.2) is 18.1 Å². The molecule has 1 heterocycles. The minimum atomic E-state index is -3.94. The molecular weight excluding hydrogens is 470 g/mol. The number of aliphatic imine (C=N–C) groups is 1. The first-order valence-electron chi connectivity index (χ1n) is 10.6. The van der Waals surface area contributed by atoms with Gasteiger partial charge in [-0.3, -0.25) is 4.79 Å². The van der Waals surface area contributed by atoms with Crippen molar-refractivity contribution in [2.45, 2.75) is 31.2 Å². The first kappa shape index (κ1) is 25.5. The maximum absolute atomic E-state index is 13.3. The first-order valence-corrected chi connectivity index (χ1v) is 12.9. The standard InChI is InChI=1S/C24H29N5O3S2/c1-24(2,3)28-34(31,32)21-13-17(22(30)27-15-29(5)6)9-12-19(21)20-14-26-23(33-20)16-7-10-18(25-4)11-8-16/h7-15,25,28H,1-6H3. The summed E-state index contributed by atoms with van der Waals surface area (Å²) in [6.07, 6.45) is 3.04. The number of sulfonamides is 1. The number of hydrogen-bond acceptors (Lipinski definition) is 6. The minimum Gasteiger partial charge on any atom is -0.388 e. The molecule has 0 aliphatic rings. The summed E-state index contributed by atoms with van der Waals surface area (Å²) in [5.74, 6) is -0.526. The fourth-order valence-corrected chi connectivity index (χ4v) is 5.78. The van der Waals surface area contributed by atoms with Crippen LogP contribution in [0.5, 0.6) is 0 Å². The molecule has 0 unspecified atom stereocenters. The maximum Gasteiger partial charge on any atom is 0.278 e. The topological polar surface area (TPSA) is 104 Å². The maximum atomic E-state index is 13.3. The van der Waals surface area contributed by atoms with Crippen LogP contribution >= 0.6 is 11.3 Å². The van der Waals surface area contributed by atoms with E-state index in [-0.39, 0.29) is 10.5 Å². The van der Waals surface area contributed by atoms with Gasteiger partial charge in [-0.15, -0.1) is 11.3 Å². The SMILES string of the molecule is CNc1ccc(-c2ncc(-c3ccc(C(=O)N=CN(C)C)cc3S(=O)(=O)NC(C)(C)C)s2)cc1. The number of nitrogens with one attached hydrogen (secondary N) is 2. The zero-order chi connectivity index (χ0) is 25.1. The van der Waals surface area contributed by atoms with E-state index in [0.717, 1.165) is 16.3 Å². The van der Waals surface area contributed by atoms with Crippen LogP contribution in [0.25, 0.3) is 21.0 Å². The average molecular weight is 500 g/mol. The summed E-state index contributed by atoms with van der Waals surface area (Å²) in [6, 6.07) is 12.4. The van der Waals surface area contributed by atoms with Crippen LogP contribution in [-0.4, -0.2) is 57.2 Å². The van der Waals surface area contributed by atoms with Crippen molar-refractivity contribution < 1.29 is 13.2 Å². The molecule has 2 aromatic carbocycles. The second kappa shape index (κ2) is 10.0. The molecule has 0 saturated carbocycles. The van der Waals surface area contributed by atoms with E-state index in [1.165, 1.54) is 23.7 Å². The van der Waals surface area contributed by atoms with Crippen molar-refractivity contribution in [2.24, 2.45) is 4.99 Å². The van der Waals surface area contributed by atoms with Crippen LogP contribution < -0.4 is 10.0 Å². The van der Waals surface area contributed by atoms with Gasteiger partial charge in [0.2, 0.25) is 10.0 Å². The number of hydrogen-bond donors (Lipinski definition) is 2. The van der Waals surface area contributed by atoms with Gasteiger partial charge in [0.15, 0.2) is 0 Å². The number of aromatic nitrogens is 1. The van der Waals surface area contributed by atoms with Gasteiger partial charge >= 0.3 is 0 Å². The molecule has 0 radical (unpaired) electrons. The highest BCUT2D eigenvalue weighted by molar-refractivity contribution is 7.89. The summed E-state index contributed by atoms with van der Waals surface area (Å²) in [5, 5.41) is 3.84. The van der Waals surface area contributed by atoms with Crippen LogP contribution in [0.1, 0.15) is 31.1 Å². The molecular formula is C24H29N5O3S2. The van der Waals surface area contributed by atoms with Gasteiger partial charge in [-0.2, -0.15) is 4.99 Å². The third-order valence-electron chi connectivity index (χ3n) is 4.56. The highest BCUT2D eigenvalue weighted by Gasteiger charge is 2.27. The Hall–Kier alpha value is -3.08. The van der Waals surface area contributed by atoms with Crippen molar-refractivity contribution in [3.8, 4) is 21.0 Å². The molecule has 180 valence electrons. The Morgan fingerprint density at radius 1 is 1.12 bits per heavy atom. The molecule has 0 spiro atoms. The van der Waals surface area contributed by atoms with Crippen LogP contribution in [0.4, 0.5) is 5.69 Å². The van der Waals surface area contributed by atoms with E-state index in [9.17, 15) is 13.2 Å². The lowest BCUT2D eigenvalue weighted by atomic mass is 10.1. The third kappa shape index (κ3) is 6.28. The Morgan fingerprint density at radius 2 is 1.79 bits per heavy atom. The van der Waals surface area contributed by atoms with Gasteiger partial charge in [-0.05, 0) is 57.2 Å². The van der Waals surface area contributed by atoms with E-state index in [1.807, 2.05) is 31.3 Å². The van der Waals surface area contributed by atoms with Crippen molar-refractivity contribution in [3.63, 3.8) is 0 Å². The van der Waals surface area contributed by atoms with Gasteiger partial charge in [0.05, 0.1) is 16.1 Å². The van der Waals surface area contributed by atoms with E-state index >= 15 is 0 Å². The molecule has 34 heavy (non-hydrogen) atoms. The number of carbonyl (C=O) groups is 1. The second-order valence-electron chi connectivity index (χ2n) is 8.94. The van der Waals surface area contributed by atoms with E-state index < -0.39 is 21.5 Å². The molecule has 2 N–H and O–H groups in total. The van der Waals surface area contributed by atoms with Crippen LogP contribution in [0.2, 0.25) is 0 Å². The molecule has 0 bridgehead atoms. The fourth-order valence-electron chi connectivity index (χ4n) is 3.09.